The molecule has 0 saturated carbocycles. The van der Waals surface area contributed by atoms with Crippen molar-refractivity contribution < 1.29 is 9.90 Å². The number of anilines is 1. The molecule has 5 nitrogen and oxygen atoms in total. The van der Waals surface area contributed by atoms with Crippen molar-refractivity contribution in [2.45, 2.75) is 12.8 Å². The number of aryl methyl sites for hydroxylation is 1. The summed E-state index contributed by atoms with van der Waals surface area (Å²) in [6.45, 7) is 2.31. The Hall–Kier alpha value is -2.34. The van der Waals surface area contributed by atoms with Gasteiger partial charge in [-0.15, -0.1) is 0 Å². The van der Waals surface area contributed by atoms with E-state index in [1.54, 1.807) is 33.8 Å². The summed E-state index contributed by atoms with van der Waals surface area (Å²) in [5.74, 6) is -0.274. The van der Waals surface area contributed by atoms with Gasteiger partial charge >= 0.3 is 0 Å². The lowest BCUT2D eigenvalue weighted by Gasteiger charge is -2.16. The standard InChI is InChI=1S/C20H17Cl2N3O2/c1-12-8-18(23-25(12)14-6-7-16(21)17(22)9-14)20(27)24-10-13(11-26)15-4-2-3-5-19(15)24/h2-9,13,26H,10-11H2,1H3. The molecule has 0 aliphatic carbocycles. The first-order valence-electron chi connectivity index (χ1n) is 8.53. The van der Waals surface area contributed by atoms with Crippen LogP contribution in [0, 0.1) is 6.92 Å². The third kappa shape index (κ3) is 3.12. The number of para-hydroxylation sites is 1. The molecule has 1 unspecified atom stereocenters. The van der Waals surface area contributed by atoms with Crippen molar-refractivity contribution in [3.8, 4) is 5.69 Å². The Balaban J connectivity index is 1.69. The second-order valence-electron chi connectivity index (χ2n) is 6.54. The molecule has 1 aliphatic rings. The van der Waals surface area contributed by atoms with Crippen molar-refractivity contribution in [2.75, 3.05) is 18.1 Å². The fraction of sp³-hybridized carbons (Fsp3) is 0.200. The van der Waals surface area contributed by atoms with Crippen molar-refractivity contribution in [3.05, 3.63) is 75.5 Å². The number of amides is 1. The Bertz CT molecular complexity index is 1030. The molecule has 4 rings (SSSR count). The normalized spacial score (nSPS) is 15.9. The molecule has 0 saturated heterocycles. The fourth-order valence-corrected chi connectivity index (χ4v) is 3.73. The number of benzene rings is 2. The quantitative estimate of drug-likeness (QED) is 0.714. The van der Waals surface area contributed by atoms with Crippen molar-refractivity contribution in [2.24, 2.45) is 0 Å². The van der Waals surface area contributed by atoms with Crippen LogP contribution in [0.25, 0.3) is 5.69 Å². The largest absolute Gasteiger partial charge is 0.396 e. The maximum absolute atomic E-state index is 13.1. The van der Waals surface area contributed by atoms with Gasteiger partial charge in [-0.25, -0.2) is 4.68 Å². The highest BCUT2D eigenvalue weighted by molar-refractivity contribution is 6.42. The molecule has 2 heterocycles. The average molecular weight is 402 g/mol. The zero-order chi connectivity index (χ0) is 19.1. The van der Waals surface area contributed by atoms with Gasteiger partial charge in [0.25, 0.3) is 5.91 Å². The van der Waals surface area contributed by atoms with Crippen LogP contribution in [0.1, 0.15) is 27.7 Å². The third-order valence-corrected chi connectivity index (χ3v) is 5.53. The Kier molecular flexibility index (Phi) is 4.68. The zero-order valence-electron chi connectivity index (χ0n) is 14.6. The Labute approximate surface area is 166 Å². The molecule has 0 bridgehead atoms. The monoisotopic (exact) mass is 401 g/mol. The number of hydrogen-bond donors (Lipinski definition) is 1. The molecule has 1 aromatic heterocycles. The number of halogens is 2. The fourth-order valence-electron chi connectivity index (χ4n) is 3.44. The lowest BCUT2D eigenvalue weighted by molar-refractivity contribution is 0.0981. The van der Waals surface area contributed by atoms with E-state index in [-0.39, 0.29) is 18.4 Å². The van der Waals surface area contributed by atoms with Gasteiger partial charge in [-0.2, -0.15) is 5.10 Å². The van der Waals surface area contributed by atoms with Crippen molar-refractivity contribution in [1.29, 1.82) is 0 Å². The summed E-state index contributed by atoms with van der Waals surface area (Å²) < 4.78 is 1.67. The van der Waals surface area contributed by atoms with E-state index in [0.29, 0.717) is 22.3 Å². The molecular formula is C20H17Cl2N3O2. The number of aliphatic hydroxyl groups excluding tert-OH is 1. The van der Waals surface area contributed by atoms with Gasteiger partial charge in [-0.1, -0.05) is 41.4 Å². The molecule has 1 N–H and O–H groups in total. The highest BCUT2D eigenvalue weighted by Gasteiger charge is 2.33. The number of aliphatic hydroxyl groups is 1. The van der Waals surface area contributed by atoms with Crippen LogP contribution in [-0.4, -0.2) is 33.9 Å². The molecule has 138 valence electrons. The van der Waals surface area contributed by atoms with Crippen molar-refractivity contribution >= 4 is 34.8 Å². The maximum Gasteiger partial charge on any atom is 0.278 e. The summed E-state index contributed by atoms with van der Waals surface area (Å²) in [6, 6.07) is 14.6. The van der Waals surface area contributed by atoms with Crippen LogP contribution >= 0.6 is 23.2 Å². The van der Waals surface area contributed by atoms with Crippen LogP contribution in [0.2, 0.25) is 10.0 Å². The molecule has 1 atom stereocenters. The van der Waals surface area contributed by atoms with Gasteiger partial charge < -0.3 is 10.0 Å². The lowest BCUT2D eigenvalue weighted by Crippen LogP contribution is -2.30. The molecule has 1 aliphatic heterocycles. The number of carbonyl (C=O) groups is 1. The Morgan fingerprint density at radius 1 is 1.19 bits per heavy atom. The van der Waals surface area contributed by atoms with E-state index in [2.05, 4.69) is 5.10 Å². The van der Waals surface area contributed by atoms with Crippen molar-refractivity contribution in [3.63, 3.8) is 0 Å². The number of rotatable bonds is 3. The molecule has 0 spiro atoms. The number of hydrogen-bond acceptors (Lipinski definition) is 3. The predicted molar refractivity (Wildman–Crippen MR) is 106 cm³/mol. The SMILES string of the molecule is Cc1cc(C(=O)N2CC(CO)c3ccccc32)nn1-c1ccc(Cl)c(Cl)c1. The first-order valence-corrected chi connectivity index (χ1v) is 9.29. The summed E-state index contributed by atoms with van der Waals surface area (Å²) in [4.78, 5) is 14.8. The second-order valence-corrected chi connectivity index (χ2v) is 7.35. The molecule has 7 heteroatoms. The van der Waals surface area contributed by atoms with Crippen LogP contribution in [0.3, 0.4) is 0 Å². The van der Waals surface area contributed by atoms with Crippen LogP contribution in [-0.2, 0) is 0 Å². The number of fused-ring (bicyclic) bond motifs is 1. The summed E-state index contributed by atoms with van der Waals surface area (Å²) in [6.07, 6.45) is 0. The van der Waals surface area contributed by atoms with Gasteiger partial charge in [0.1, 0.15) is 0 Å². The minimum atomic E-state index is -0.194. The van der Waals surface area contributed by atoms with Gasteiger partial charge in [-0.3, -0.25) is 4.79 Å². The minimum absolute atomic E-state index is 0.00245. The first kappa shape index (κ1) is 18.0. The van der Waals surface area contributed by atoms with Gasteiger partial charge in [0.2, 0.25) is 0 Å². The summed E-state index contributed by atoms with van der Waals surface area (Å²) in [5, 5.41) is 15.0. The van der Waals surface area contributed by atoms with E-state index in [9.17, 15) is 9.90 Å². The van der Waals surface area contributed by atoms with E-state index in [1.165, 1.54) is 0 Å². The highest BCUT2D eigenvalue weighted by Crippen LogP contribution is 2.36. The Morgan fingerprint density at radius 2 is 1.96 bits per heavy atom. The number of aromatic nitrogens is 2. The first-order chi connectivity index (χ1) is 13.0. The number of carbonyl (C=O) groups excluding carboxylic acids is 1. The molecule has 0 fully saturated rings. The summed E-state index contributed by atoms with van der Waals surface area (Å²) in [5.41, 5.74) is 3.68. The van der Waals surface area contributed by atoms with Gasteiger partial charge in [0, 0.05) is 23.8 Å². The van der Waals surface area contributed by atoms with Gasteiger partial charge in [0.15, 0.2) is 5.69 Å². The zero-order valence-corrected chi connectivity index (χ0v) is 16.1. The molecule has 2 aromatic carbocycles. The van der Waals surface area contributed by atoms with Crippen LogP contribution in [0.4, 0.5) is 5.69 Å². The van der Waals surface area contributed by atoms with Crippen LogP contribution in [0.15, 0.2) is 48.5 Å². The second kappa shape index (κ2) is 7.00. The minimum Gasteiger partial charge on any atom is -0.396 e. The van der Waals surface area contributed by atoms with E-state index in [1.807, 2.05) is 31.2 Å². The van der Waals surface area contributed by atoms with E-state index >= 15 is 0 Å². The predicted octanol–water partition coefficient (Wildman–Crippen LogP) is 4.22. The van der Waals surface area contributed by atoms with E-state index in [4.69, 9.17) is 23.2 Å². The van der Waals surface area contributed by atoms with Gasteiger partial charge in [-0.05, 0) is 42.8 Å². The summed E-state index contributed by atoms with van der Waals surface area (Å²) >= 11 is 12.1. The molecule has 3 aromatic rings. The lowest BCUT2D eigenvalue weighted by atomic mass is 10.0. The van der Waals surface area contributed by atoms with Gasteiger partial charge in [0.05, 0.1) is 22.3 Å². The Morgan fingerprint density at radius 3 is 2.70 bits per heavy atom. The molecule has 1 amide bonds. The van der Waals surface area contributed by atoms with E-state index < -0.39 is 0 Å². The number of nitrogens with zero attached hydrogens (tertiary/aromatic N) is 3. The molecule has 0 radical (unpaired) electrons. The van der Waals surface area contributed by atoms with Crippen molar-refractivity contribution in [1.82, 2.24) is 9.78 Å². The topological polar surface area (TPSA) is 58.4 Å². The smallest absolute Gasteiger partial charge is 0.278 e. The van der Waals surface area contributed by atoms with E-state index in [0.717, 1.165) is 22.6 Å². The average Bonchev–Trinajstić information content (AvgIpc) is 3.24. The van der Waals surface area contributed by atoms with Crippen LogP contribution in [0.5, 0.6) is 0 Å². The molecule has 27 heavy (non-hydrogen) atoms. The molecular weight excluding hydrogens is 385 g/mol. The third-order valence-electron chi connectivity index (χ3n) is 4.79. The highest BCUT2D eigenvalue weighted by atomic mass is 35.5. The summed E-state index contributed by atoms with van der Waals surface area (Å²) in [7, 11) is 0. The maximum atomic E-state index is 13.1. The van der Waals surface area contributed by atoms with Crippen LogP contribution < -0.4 is 4.90 Å².